The van der Waals surface area contributed by atoms with Crippen LogP contribution in [0.4, 0.5) is 0 Å². The predicted molar refractivity (Wildman–Crippen MR) is 114 cm³/mol. The van der Waals surface area contributed by atoms with Crippen molar-refractivity contribution in [3.8, 4) is 0 Å². The Morgan fingerprint density at radius 3 is 1.33 bits per heavy atom. The molecule has 0 aromatic carbocycles. The highest BCUT2D eigenvalue weighted by molar-refractivity contribution is 5.78. The summed E-state index contributed by atoms with van der Waals surface area (Å²) < 4.78 is 0. The number of carbonyl (C=O) groups excluding carboxylic acids is 1. The molecule has 0 radical (unpaired) electrons. The molecule has 0 aliphatic heterocycles. The molecule has 0 atom stereocenters. The van der Waals surface area contributed by atoms with Crippen molar-refractivity contribution in [2.75, 3.05) is 13.1 Å². The first-order chi connectivity index (χ1) is 12.2. The van der Waals surface area contributed by atoms with Gasteiger partial charge in [-0.05, 0) is 53.4 Å². The Labute approximate surface area is 166 Å². The molecule has 7 heteroatoms. The number of nitrogens with two attached hydrogens (primary N) is 3. The highest BCUT2D eigenvalue weighted by Gasteiger charge is 2.17. The van der Waals surface area contributed by atoms with Crippen LogP contribution in [-0.2, 0) is 9.59 Å². The lowest BCUT2D eigenvalue weighted by atomic mass is 10.0. The zero-order valence-electron chi connectivity index (χ0n) is 18.9. The number of amides is 1. The minimum absolute atomic E-state index is 0.128. The van der Waals surface area contributed by atoms with Crippen LogP contribution < -0.4 is 22.5 Å². The Kier molecular flexibility index (Phi) is 17.9. The second-order valence-corrected chi connectivity index (χ2v) is 8.26. The van der Waals surface area contributed by atoms with Crippen LogP contribution in [0.3, 0.4) is 0 Å². The monoisotopic (exact) mass is 390 g/mol. The predicted octanol–water partition coefficient (Wildman–Crippen LogP) is 2.47. The van der Waals surface area contributed by atoms with Crippen LogP contribution in [0.1, 0.15) is 81.1 Å². The van der Waals surface area contributed by atoms with Gasteiger partial charge < -0.3 is 27.6 Å². The smallest absolute Gasteiger partial charge is 0.306 e. The summed E-state index contributed by atoms with van der Waals surface area (Å²) in [4.78, 5) is 21.6. The fourth-order valence-electron chi connectivity index (χ4n) is 1.76. The summed E-state index contributed by atoms with van der Waals surface area (Å²) >= 11 is 0. The number of nitrogens with one attached hydrogen (secondary N) is 1. The largest absolute Gasteiger partial charge is 0.481 e. The van der Waals surface area contributed by atoms with Crippen LogP contribution >= 0.6 is 0 Å². The second kappa shape index (κ2) is 15.8. The van der Waals surface area contributed by atoms with E-state index in [9.17, 15) is 9.59 Å². The normalized spacial score (nSPS) is 11.3. The van der Waals surface area contributed by atoms with Crippen molar-refractivity contribution in [1.82, 2.24) is 5.32 Å². The molecule has 0 spiro atoms. The summed E-state index contributed by atoms with van der Waals surface area (Å²) in [5.41, 5.74) is 15.8. The first-order valence-electron chi connectivity index (χ1n) is 9.97. The van der Waals surface area contributed by atoms with Crippen LogP contribution in [0.25, 0.3) is 0 Å². The zero-order valence-corrected chi connectivity index (χ0v) is 18.9. The average molecular weight is 391 g/mol. The van der Waals surface area contributed by atoms with Gasteiger partial charge in [-0.15, -0.1) is 0 Å². The van der Waals surface area contributed by atoms with Crippen LogP contribution in [-0.4, -0.2) is 41.2 Å². The zero-order chi connectivity index (χ0) is 22.3. The third-order valence-corrected chi connectivity index (χ3v) is 3.94. The molecule has 7 nitrogen and oxygen atoms in total. The van der Waals surface area contributed by atoms with Crippen molar-refractivity contribution in [3.63, 3.8) is 0 Å². The van der Waals surface area contributed by atoms with Crippen LogP contribution in [0.5, 0.6) is 0 Å². The third kappa shape index (κ3) is 22.8. The molecule has 0 rings (SSSR count). The summed E-state index contributed by atoms with van der Waals surface area (Å²) in [6.07, 6.45) is 3.28. The molecule has 0 saturated heterocycles. The number of carboxylic acids is 1. The standard InChI is InChI=1S/C10H22N2O.C6H12O2.C4H12N2/c1-5-8(6-2)9(13)12-7-10(3,4)11;1-3-5(4-2)6(7)8;1-4(2,6)3-5/h8H,5-7,11H2,1-4H3,(H,12,13);5H,3-4H2,1-2H3,(H,7,8);3,5-6H2,1-2H3. The molecule has 0 saturated carbocycles. The molecule has 0 aliphatic carbocycles. The molecule has 1 amide bonds. The van der Waals surface area contributed by atoms with E-state index >= 15 is 0 Å². The van der Waals surface area contributed by atoms with Crippen molar-refractivity contribution >= 4 is 11.9 Å². The molecule has 27 heavy (non-hydrogen) atoms. The van der Waals surface area contributed by atoms with Gasteiger partial charge in [-0.2, -0.15) is 0 Å². The summed E-state index contributed by atoms with van der Waals surface area (Å²) in [5, 5.41) is 11.2. The summed E-state index contributed by atoms with van der Waals surface area (Å²) in [7, 11) is 0. The highest BCUT2D eigenvalue weighted by atomic mass is 16.4. The minimum atomic E-state index is -0.671. The van der Waals surface area contributed by atoms with E-state index < -0.39 is 5.97 Å². The maximum absolute atomic E-state index is 11.5. The quantitative estimate of drug-likeness (QED) is 0.409. The summed E-state index contributed by atoms with van der Waals surface area (Å²) in [6.45, 7) is 16.5. The van der Waals surface area contributed by atoms with Gasteiger partial charge >= 0.3 is 5.97 Å². The van der Waals surface area contributed by atoms with E-state index in [0.29, 0.717) is 13.1 Å². The molecule has 0 heterocycles. The highest BCUT2D eigenvalue weighted by Crippen LogP contribution is 2.07. The van der Waals surface area contributed by atoms with Crippen LogP contribution in [0, 0.1) is 11.8 Å². The van der Waals surface area contributed by atoms with Crippen LogP contribution in [0.15, 0.2) is 0 Å². The molecule has 0 unspecified atom stereocenters. The molecule has 0 fully saturated rings. The fraction of sp³-hybridized carbons (Fsp3) is 0.900. The Morgan fingerprint density at radius 2 is 1.19 bits per heavy atom. The number of carboxylic acid groups (broad SMARTS) is 1. The molecular formula is C20H46N4O3. The van der Waals surface area contributed by atoms with Gasteiger partial charge in [0.25, 0.3) is 0 Å². The van der Waals surface area contributed by atoms with Gasteiger partial charge in [0.2, 0.25) is 5.91 Å². The van der Waals surface area contributed by atoms with Gasteiger partial charge in [-0.3, -0.25) is 9.59 Å². The molecule has 0 aromatic rings. The Bertz CT molecular complexity index is 380. The third-order valence-electron chi connectivity index (χ3n) is 3.94. The number of hydrogen-bond donors (Lipinski definition) is 5. The average Bonchev–Trinajstić information content (AvgIpc) is 2.55. The molecule has 0 aliphatic rings. The van der Waals surface area contributed by atoms with E-state index in [-0.39, 0.29) is 28.8 Å². The minimum Gasteiger partial charge on any atom is -0.481 e. The molecule has 164 valence electrons. The maximum Gasteiger partial charge on any atom is 0.306 e. The van der Waals surface area contributed by atoms with Crippen molar-refractivity contribution in [2.24, 2.45) is 29.0 Å². The lowest BCUT2D eigenvalue weighted by Gasteiger charge is -2.21. The first kappa shape index (κ1) is 30.5. The lowest BCUT2D eigenvalue weighted by Crippen LogP contribution is -2.46. The molecule has 0 aromatic heterocycles. The van der Waals surface area contributed by atoms with Crippen molar-refractivity contribution in [1.29, 1.82) is 0 Å². The van der Waals surface area contributed by atoms with Gasteiger partial charge in [0.15, 0.2) is 0 Å². The summed E-state index contributed by atoms with van der Waals surface area (Å²) in [6, 6.07) is 0. The van der Waals surface area contributed by atoms with Gasteiger partial charge in [0.05, 0.1) is 5.92 Å². The van der Waals surface area contributed by atoms with E-state index in [1.807, 2.05) is 55.4 Å². The van der Waals surface area contributed by atoms with Crippen molar-refractivity contribution < 1.29 is 14.7 Å². The fourth-order valence-corrected chi connectivity index (χ4v) is 1.76. The topological polar surface area (TPSA) is 144 Å². The van der Waals surface area contributed by atoms with E-state index in [0.717, 1.165) is 25.7 Å². The first-order valence-corrected chi connectivity index (χ1v) is 9.97. The number of aliphatic carboxylic acids is 1. The number of rotatable bonds is 9. The Morgan fingerprint density at radius 1 is 0.852 bits per heavy atom. The van der Waals surface area contributed by atoms with Crippen molar-refractivity contribution in [3.05, 3.63) is 0 Å². The van der Waals surface area contributed by atoms with E-state index in [2.05, 4.69) is 5.32 Å². The van der Waals surface area contributed by atoms with Gasteiger partial charge in [0.1, 0.15) is 0 Å². The number of carbonyl (C=O) groups is 2. The molecular weight excluding hydrogens is 344 g/mol. The maximum atomic E-state index is 11.5. The number of hydrogen-bond acceptors (Lipinski definition) is 5. The summed E-state index contributed by atoms with van der Waals surface area (Å²) in [5.74, 6) is -0.532. The Balaban J connectivity index is -0.000000351. The molecule has 8 N–H and O–H groups in total. The van der Waals surface area contributed by atoms with Gasteiger partial charge in [-0.1, -0.05) is 27.7 Å². The SMILES string of the molecule is CC(C)(N)CN.CCC(CC)C(=O)NCC(C)(C)N.CCC(CC)C(=O)O. The van der Waals surface area contributed by atoms with Gasteiger partial charge in [-0.25, -0.2) is 0 Å². The lowest BCUT2D eigenvalue weighted by molar-refractivity contribution is -0.141. The van der Waals surface area contributed by atoms with Gasteiger partial charge in [0, 0.05) is 30.1 Å². The Hall–Kier alpha value is -1.18. The second-order valence-electron chi connectivity index (χ2n) is 8.26. The van der Waals surface area contributed by atoms with E-state index in [4.69, 9.17) is 22.3 Å². The van der Waals surface area contributed by atoms with Crippen molar-refractivity contribution in [2.45, 2.75) is 92.2 Å². The molecule has 0 bridgehead atoms. The van der Waals surface area contributed by atoms with E-state index in [1.165, 1.54) is 0 Å². The van der Waals surface area contributed by atoms with E-state index in [1.54, 1.807) is 0 Å². The van der Waals surface area contributed by atoms with Crippen LogP contribution in [0.2, 0.25) is 0 Å².